The molecule has 1 aromatic carbocycles. The molecule has 21 heavy (non-hydrogen) atoms. The Hall–Kier alpha value is -0.910. The third-order valence-corrected chi connectivity index (χ3v) is 6.18. The van der Waals surface area contributed by atoms with Crippen molar-refractivity contribution >= 4 is 23.5 Å². The predicted molar refractivity (Wildman–Crippen MR) is 93.1 cm³/mol. The number of aromatic nitrogens is 2. The second kappa shape index (κ2) is 7.38. The van der Waals surface area contributed by atoms with Gasteiger partial charge in [-0.3, -0.25) is 5.32 Å². The van der Waals surface area contributed by atoms with Crippen LogP contribution in [0.5, 0.6) is 0 Å². The van der Waals surface area contributed by atoms with Crippen LogP contribution in [0.25, 0.3) is 0 Å². The molecule has 1 aliphatic heterocycles. The molecule has 0 radical (unpaired) electrons. The Morgan fingerprint density at radius 3 is 2.52 bits per heavy atom. The van der Waals surface area contributed by atoms with Gasteiger partial charge in [0.2, 0.25) is 0 Å². The van der Waals surface area contributed by atoms with E-state index in [0.717, 1.165) is 5.82 Å². The van der Waals surface area contributed by atoms with Crippen LogP contribution in [0.2, 0.25) is 0 Å². The maximum atomic E-state index is 4.57. The van der Waals surface area contributed by atoms with Gasteiger partial charge >= 0.3 is 0 Å². The van der Waals surface area contributed by atoms with Crippen LogP contribution in [0.4, 0.5) is 0 Å². The Morgan fingerprint density at radius 1 is 1.19 bits per heavy atom. The average Bonchev–Trinajstić information content (AvgIpc) is 2.78. The van der Waals surface area contributed by atoms with Crippen molar-refractivity contribution in [3.63, 3.8) is 0 Å². The largest absolute Gasteiger partial charge is 0.336 e. The molecule has 1 fully saturated rings. The van der Waals surface area contributed by atoms with Crippen molar-refractivity contribution < 1.29 is 0 Å². The maximum Gasteiger partial charge on any atom is 0.130 e. The summed E-state index contributed by atoms with van der Waals surface area (Å²) in [5.74, 6) is 5.98. The zero-order valence-corrected chi connectivity index (χ0v) is 13.9. The lowest BCUT2D eigenvalue weighted by Gasteiger charge is -2.24. The van der Waals surface area contributed by atoms with Crippen molar-refractivity contribution in [1.82, 2.24) is 14.9 Å². The van der Waals surface area contributed by atoms with Gasteiger partial charge in [-0.15, -0.1) is 0 Å². The van der Waals surface area contributed by atoms with Crippen LogP contribution in [-0.4, -0.2) is 38.6 Å². The molecule has 0 aliphatic carbocycles. The van der Waals surface area contributed by atoms with Gasteiger partial charge in [0.15, 0.2) is 0 Å². The third kappa shape index (κ3) is 3.84. The van der Waals surface area contributed by atoms with Crippen molar-refractivity contribution in [3.8, 4) is 0 Å². The fraction of sp³-hybridized carbons (Fsp3) is 0.438. The van der Waals surface area contributed by atoms with Crippen molar-refractivity contribution in [2.75, 3.05) is 23.0 Å². The lowest BCUT2D eigenvalue weighted by molar-refractivity contribution is 0.509. The Labute approximate surface area is 134 Å². The summed E-state index contributed by atoms with van der Waals surface area (Å²) in [6, 6.07) is 11.3. The highest BCUT2D eigenvalue weighted by molar-refractivity contribution is 8.03. The Morgan fingerprint density at radius 2 is 1.90 bits per heavy atom. The average molecular weight is 319 g/mol. The molecule has 1 atom stereocenters. The molecule has 112 valence electrons. The topological polar surface area (TPSA) is 29.9 Å². The summed E-state index contributed by atoms with van der Waals surface area (Å²) in [5, 5.41) is 3.83. The molecule has 0 unspecified atom stereocenters. The molecule has 0 bridgehead atoms. The van der Waals surface area contributed by atoms with Crippen LogP contribution in [0, 0.1) is 0 Å². The van der Waals surface area contributed by atoms with Gasteiger partial charge in [0, 0.05) is 48.5 Å². The molecule has 1 aromatic heterocycles. The summed E-state index contributed by atoms with van der Waals surface area (Å²) in [6.45, 7) is 0. The zero-order chi connectivity index (χ0) is 14.5. The molecule has 0 amide bonds. The highest BCUT2D eigenvalue weighted by atomic mass is 32.2. The Balaban J connectivity index is 1.84. The van der Waals surface area contributed by atoms with Gasteiger partial charge in [-0.05, 0) is 5.56 Å². The Kier molecular flexibility index (Phi) is 5.27. The first-order chi connectivity index (χ1) is 10.3. The second-order valence-corrected chi connectivity index (χ2v) is 7.55. The monoisotopic (exact) mass is 319 g/mol. The van der Waals surface area contributed by atoms with Gasteiger partial charge in [-0.2, -0.15) is 23.5 Å². The number of hydrogen-bond donors (Lipinski definition) is 1. The SMILES string of the molecule is Cn1ccnc1[C@@H](NC1CSCCSC1)c1ccccc1. The molecule has 5 heteroatoms. The summed E-state index contributed by atoms with van der Waals surface area (Å²) < 4.78 is 2.11. The van der Waals surface area contributed by atoms with E-state index >= 15 is 0 Å². The summed E-state index contributed by atoms with van der Waals surface area (Å²) in [7, 11) is 2.07. The summed E-state index contributed by atoms with van der Waals surface area (Å²) in [5.41, 5.74) is 1.28. The van der Waals surface area contributed by atoms with Gasteiger partial charge in [-0.1, -0.05) is 30.3 Å². The minimum absolute atomic E-state index is 0.162. The van der Waals surface area contributed by atoms with Crippen LogP contribution in [0.3, 0.4) is 0 Å². The van der Waals surface area contributed by atoms with Crippen LogP contribution >= 0.6 is 23.5 Å². The number of nitrogens with one attached hydrogen (secondary N) is 1. The summed E-state index contributed by atoms with van der Waals surface area (Å²) >= 11 is 4.10. The van der Waals surface area contributed by atoms with Crippen molar-refractivity contribution in [2.45, 2.75) is 12.1 Å². The van der Waals surface area contributed by atoms with E-state index in [1.54, 1.807) is 0 Å². The Bertz CT molecular complexity index is 548. The number of thioether (sulfide) groups is 2. The van der Waals surface area contributed by atoms with Crippen LogP contribution in [-0.2, 0) is 7.05 Å². The number of hydrogen-bond acceptors (Lipinski definition) is 4. The minimum atomic E-state index is 0.162. The summed E-state index contributed by atoms with van der Waals surface area (Å²) in [6.07, 6.45) is 3.90. The molecule has 3 rings (SSSR count). The minimum Gasteiger partial charge on any atom is -0.336 e. The predicted octanol–water partition coefficient (Wildman–Crippen LogP) is 2.95. The molecule has 2 heterocycles. The van der Waals surface area contributed by atoms with Gasteiger partial charge < -0.3 is 4.57 Å². The fourth-order valence-corrected chi connectivity index (χ4v) is 4.99. The van der Waals surface area contributed by atoms with E-state index in [1.807, 2.05) is 12.4 Å². The van der Waals surface area contributed by atoms with Crippen LogP contribution < -0.4 is 5.32 Å². The number of aryl methyl sites for hydroxylation is 1. The first kappa shape index (κ1) is 15.0. The van der Waals surface area contributed by atoms with Crippen molar-refractivity contribution in [1.29, 1.82) is 0 Å². The van der Waals surface area contributed by atoms with E-state index < -0.39 is 0 Å². The molecule has 1 saturated heterocycles. The van der Waals surface area contributed by atoms with Gasteiger partial charge in [-0.25, -0.2) is 4.98 Å². The van der Waals surface area contributed by atoms with E-state index in [9.17, 15) is 0 Å². The highest BCUT2D eigenvalue weighted by Crippen LogP contribution is 2.24. The fourth-order valence-electron chi connectivity index (χ4n) is 2.57. The van der Waals surface area contributed by atoms with Crippen LogP contribution in [0.1, 0.15) is 17.4 Å². The smallest absolute Gasteiger partial charge is 0.130 e. The number of imidazole rings is 1. The normalized spacial score (nSPS) is 18.3. The number of nitrogens with zero attached hydrogens (tertiary/aromatic N) is 2. The molecule has 1 aliphatic rings. The molecular formula is C16H21N3S2. The van der Waals surface area contributed by atoms with E-state index in [2.05, 4.69) is 75.8 Å². The lowest BCUT2D eigenvalue weighted by Crippen LogP contribution is -2.38. The lowest BCUT2D eigenvalue weighted by atomic mass is 10.1. The maximum absolute atomic E-state index is 4.57. The quantitative estimate of drug-likeness (QED) is 0.938. The van der Waals surface area contributed by atoms with Crippen molar-refractivity contribution in [3.05, 3.63) is 54.1 Å². The first-order valence-electron chi connectivity index (χ1n) is 7.28. The number of rotatable bonds is 4. The summed E-state index contributed by atoms with van der Waals surface area (Å²) in [4.78, 5) is 4.57. The van der Waals surface area contributed by atoms with Gasteiger partial charge in [0.1, 0.15) is 5.82 Å². The van der Waals surface area contributed by atoms with E-state index in [0.29, 0.717) is 6.04 Å². The third-order valence-electron chi connectivity index (χ3n) is 3.66. The molecule has 1 N–H and O–H groups in total. The van der Waals surface area contributed by atoms with E-state index in [4.69, 9.17) is 0 Å². The molecule has 0 spiro atoms. The van der Waals surface area contributed by atoms with Crippen molar-refractivity contribution in [2.24, 2.45) is 7.05 Å². The molecule has 2 aromatic rings. The number of benzene rings is 1. The first-order valence-corrected chi connectivity index (χ1v) is 9.59. The highest BCUT2D eigenvalue weighted by Gasteiger charge is 2.22. The molecular weight excluding hydrogens is 298 g/mol. The van der Waals surface area contributed by atoms with Crippen LogP contribution in [0.15, 0.2) is 42.7 Å². The molecule has 3 nitrogen and oxygen atoms in total. The van der Waals surface area contributed by atoms with E-state index in [1.165, 1.54) is 28.6 Å². The van der Waals surface area contributed by atoms with E-state index in [-0.39, 0.29) is 6.04 Å². The van der Waals surface area contributed by atoms with Gasteiger partial charge in [0.05, 0.1) is 6.04 Å². The van der Waals surface area contributed by atoms with Gasteiger partial charge in [0.25, 0.3) is 0 Å². The molecule has 0 saturated carbocycles. The zero-order valence-electron chi connectivity index (χ0n) is 12.2. The standard InChI is InChI=1S/C16H21N3S2/c1-19-8-7-17-16(19)15(13-5-3-2-4-6-13)18-14-11-20-9-10-21-12-14/h2-8,14-15,18H,9-12H2,1H3/t15-/m0/s1. The second-order valence-electron chi connectivity index (χ2n) is 5.25.